The number of amides is 1. The van der Waals surface area contributed by atoms with Crippen molar-refractivity contribution in [2.45, 2.75) is 13.8 Å². The summed E-state index contributed by atoms with van der Waals surface area (Å²) in [5.41, 5.74) is 0.672. The third kappa shape index (κ3) is 2.97. The maximum absolute atomic E-state index is 12.3. The van der Waals surface area contributed by atoms with Gasteiger partial charge in [-0.25, -0.2) is 9.89 Å². The number of benzene rings is 1. The van der Waals surface area contributed by atoms with Gasteiger partial charge in [-0.15, -0.1) is 0 Å². The van der Waals surface area contributed by atoms with E-state index in [4.69, 9.17) is 0 Å². The van der Waals surface area contributed by atoms with Gasteiger partial charge in [0.15, 0.2) is 5.82 Å². The fraction of sp³-hybridized carbons (Fsp3) is 0.143. The van der Waals surface area contributed by atoms with Crippen molar-refractivity contribution in [3.8, 4) is 0 Å². The molecule has 0 bridgehead atoms. The second-order valence-electron chi connectivity index (χ2n) is 4.52. The van der Waals surface area contributed by atoms with Gasteiger partial charge in [0.1, 0.15) is 0 Å². The Labute approximate surface area is 119 Å². The number of aromatic amines is 1. The molecule has 0 fully saturated rings. The van der Waals surface area contributed by atoms with Crippen molar-refractivity contribution in [1.29, 1.82) is 0 Å². The molecule has 21 heavy (non-hydrogen) atoms. The quantitative estimate of drug-likeness (QED) is 0.788. The maximum Gasteiger partial charge on any atom is 0.336 e. The maximum atomic E-state index is 12.3. The normalized spacial score (nSPS) is 10.2. The van der Waals surface area contributed by atoms with Gasteiger partial charge < -0.3 is 10.4 Å². The molecule has 7 nitrogen and oxygen atoms in total. The van der Waals surface area contributed by atoms with Gasteiger partial charge in [0.05, 0.1) is 11.1 Å². The monoisotopic (exact) mass is 287 g/mol. The van der Waals surface area contributed by atoms with E-state index in [2.05, 4.69) is 15.5 Å². The number of carbonyl (C=O) groups is 2. The summed E-state index contributed by atoms with van der Waals surface area (Å²) in [6.07, 6.45) is 0. The summed E-state index contributed by atoms with van der Waals surface area (Å²) in [7, 11) is 0. The average Bonchev–Trinajstić information content (AvgIpc) is 2.43. The number of anilines is 1. The summed E-state index contributed by atoms with van der Waals surface area (Å²) in [5.74, 6) is -1.62. The van der Waals surface area contributed by atoms with Gasteiger partial charge in [-0.05, 0) is 31.0 Å². The molecule has 0 atom stereocenters. The molecule has 0 spiro atoms. The molecular formula is C14H13N3O4. The standard InChI is InChI=1S/C14H13N3O4/c1-7-3-4-8(2)12(14(20)21)11(7)13(19)15-9-5-6-10(18)17-16-9/h3-6H,1-2H3,(H,17,18)(H,20,21)(H,15,16,19). The van der Waals surface area contributed by atoms with Crippen LogP contribution in [0.25, 0.3) is 0 Å². The minimum absolute atomic E-state index is 0.0445. The fourth-order valence-corrected chi connectivity index (χ4v) is 1.97. The lowest BCUT2D eigenvalue weighted by molar-refractivity contribution is 0.0691. The van der Waals surface area contributed by atoms with Gasteiger partial charge >= 0.3 is 5.97 Å². The first-order valence-corrected chi connectivity index (χ1v) is 6.10. The molecule has 0 radical (unpaired) electrons. The van der Waals surface area contributed by atoms with E-state index in [1.54, 1.807) is 26.0 Å². The topological polar surface area (TPSA) is 112 Å². The Balaban J connectivity index is 2.43. The molecule has 0 unspecified atom stereocenters. The summed E-state index contributed by atoms with van der Waals surface area (Å²) in [6, 6.07) is 5.87. The van der Waals surface area contributed by atoms with Crippen molar-refractivity contribution in [1.82, 2.24) is 10.2 Å². The molecule has 0 saturated carbocycles. The molecule has 3 N–H and O–H groups in total. The zero-order chi connectivity index (χ0) is 15.6. The first kappa shape index (κ1) is 14.4. The molecule has 1 heterocycles. The Bertz CT molecular complexity index is 760. The molecule has 1 amide bonds. The van der Waals surface area contributed by atoms with Gasteiger partial charge in [0, 0.05) is 6.07 Å². The van der Waals surface area contributed by atoms with Crippen molar-refractivity contribution in [2.75, 3.05) is 5.32 Å². The van der Waals surface area contributed by atoms with Crippen molar-refractivity contribution in [3.63, 3.8) is 0 Å². The Hall–Kier alpha value is -2.96. The van der Waals surface area contributed by atoms with Crippen LogP contribution in [0.15, 0.2) is 29.1 Å². The number of nitrogens with zero attached hydrogens (tertiary/aromatic N) is 1. The lowest BCUT2D eigenvalue weighted by Gasteiger charge is -2.12. The fourth-order valence-electron chi connectivity index (χ4n) is 1.97. The van der Waals surface area contributed by atoms with Gasteiger partial charge in [-0.1, -0.05) is 12.1 Å². The highest BCUT2D eigenvalue weighted by molar-refractivity contribution is 6.11. The third-order valence-corrected chi connectivity index (χ3v) is 2.98. The number of aromatic nitrogens is 2. The number of aryl methyl sites for hydroxylation is 2. The van der Waals surface area contributed by atoms with E-state index in [0.29, 0.717) is 11.1 Å². The van der Waals surface area contributed by atoms with Gasteiger partial charge in [-0.2, -0.15) is 5.10 Å². The lowest BCUT2D eigenvalue weighted by atomic mass is 9.96. The van der Waals surface area contributed by atoms with Crippen LogP contribution in [0.1, 0.15) is 31.8 Å². The van der Waals surface area contributed by atoms with Crippen LogP contribution in [0.2, 0.25) is 0 Å². The molecule has 108 valence electrons. The van der Waals surface area contributed by atoms with E-state index in [-0.39, 0.29) is 16.9 Å². The number of hydrogen-bond acceptors (Lipinski definition) is 4. The van der Waals surface area contributed by atoms with Crippen molar-refractivity contribution in [3.05, 3.63) is 56.9 Å². The van der Waals surface area contributed by atoms with E-state index in [1.807, 2.05) is 0 Å². The number of carboxylic acid groups (broad SMARTS) is 1. The zero-order valence-corrected chi connectivity index (χ0v) is 11.4. The number of carbonyl (C=O) groups excluding carboxylic acids is 1. The number of hydrogen-bond donors (Lipinski definition) is 3. The van der Waals surface area contributed by atoms with Crippen LogP contribution in [-0.2, 0) is 0 Å². The number of nitrogens with one attached hydrogen (secondary N) is 2. The summed E-state index contributed by atoms with van der Waals surface area (Å²) in [5, 5.41) is 17.6. The molecule has 0 saturated heterocycles. The molecule has 0 aliphatic carbocycles. The number of H-pyrrole nitrogens is 1. The Morgan fingerprint density at radius 2 is 1.71 bits per heavy atom. The van der Waals surface area contributed by atoms with Crippen LogP contribution in [-0.4, -0.2) is 27.2 Å². The number of aromatic carboxylic acids is 1. The number of rotatable bonds is 3. The molecule has 0 aliphatic heterocycles. The molecule has 1 aromatic heterocycles. The van der Waals surface area contributed by atoms with E-state index in [0.717, 1.165) is 0 Å². The largest absolute Gasteiger partial charge is 0.478 e. The van der Waals surface area contributed by atoms with Crippen LogP contribution < -0.4 is 10.9 Å². The average molecular weight is 287 g/mol. The predicted octanol–water partition coefficient (Wildman–Crippen LogP) is 1.34. The van der Waals surface area contributed by atoms with Crippen LogP contribution in [0, 0.1) is 13.8 Å². The van der Waals surface area contributed by atoms with Crippen LogP contribution >= 0.6 is 0 Å². The first-order valence-electron chi connectivity index (χ1n) is 6.10. The third-order valence-electron chi connectivity index (χ3n) is 2.98. The Morgan fingerprint density at radius 1 is 1.10 bits per heavy atom. The van der Waals surface area contributed by atoms with E-state index in [1.165, 1.54) is 12.1 Å². The summed E-state index contributed by atoms with van der Waals surface area (Å²) in [6.45, 7) is 3.28. The minimum atomic E-state index is -1.17. The lowest BCUT2D eigenvalue weighted by Crippen LogP contribution is -2.20. The molecular weight excluding hydrogens is 274 g/mol. The second-order valence-corrected chi connectivity index (χ2v) is 4.52. The van der Waals surface area contributed by atoms with Crippen LogP contribution in [0.5, 0.6) is 0 Å². The van der Waals surface area contributed by atoms with Gasteiger partial charge in [-0.3, -0.25) is 9.59 Å². The highest BCUT2D eigenvalue weighted by Gasteiger charge is 2.21. The van der Waals surface area contributed by atoms with Crippen molar-refractivity contribution >= 4 is 17.7 Å². The predicted molar refractivity (Wildman–Crippen MR) is 75.7 cm³/mol. The second kappa shape index (κ2) is 5.58. The molecule has 7 heteroatoms. The Morgan fingerprint density at radius 3 is 2.24 bits per heavy atom. The van der Waals surface area contributed by atoms with Crippen LogP contribution in [0.4, 0.5) is 5.82 Å². The Kier molecular flexibility index (Phi) is 3.84. The summed E-state index contributed by atoms with van der Waals surface area (Å²) >= 11 is 0. The van der Waals surface area contributed by atoms with Crippen molar-refractivity contribution < 1.29 is 14.7 Å². The zero-order valence-electron chi connectivity index (χ0n) is 11.4. The van der Waals surface area contributed by atoms with Gasteiger partial charge in [0.2, 0.25) is 0 Å². The first-order chi connectivity index (χ1) is 9.90. The molecule has 2 aromatic rings. The molecule has 2 rings (SSSR count). The molecule has 0 aliphatic rings. The highest BCUT2D eigenvalue weighted by Crippen LogP contribution is 2.20. The van der Waals surface area contributed by atoms with E-state index < -0.39 is 17.4 Å². The van der Waals surface area contributed by atoms with Crippen LogP contribution in [0.3, 0.4) is 0 Å². The molecule has 1 aromatic carbocycles. The van der Waals surface area contributed by atoms with E-state index in [9.17, 15) is 19.5 Å². The minimum Gasteiger partial charge on any atom is -0.478 e. The smallest absolute Gasteiger partial charge is 0.336 e. The SMILES string of the molecule is Cc1ccc(C)c(C(=O)Nc2ccc(=O)[nH]n2)c1C(=O)O. The highest BCUT2D eigenvalue weighted by atomic mass is 16.4. The van der Waals surface area contributed by atoms with Gasteiger partial charge in [0.25, 0.3) is 11.5 Å². The van der Waals surface area contributed by atoms with E-state index >= 15 is 0 Å². The summed E-state index contributed by atoms with van der Waals surface area (Å²) in [4.78, 5) is 34.6. The number of carboxylic acids is 1. The van der Waals surface area contributed by atoms with Crippen molar-refractivity contribution in [2.24, 2.45) is 0 Å². The summed E-state index contributed by atoms with van der Waals surface area (Å²) < 4.78 is 0.